The molecule has 4 rings (SSSR count). The number of anilines is 1. The second-order valence-corrected chi connectivity index (χ2v) is 8.46. The minimum atomic E-state index is -0.369. The number of benzene rings is 3. The predicted octanol–water partition coefficient (Wildman–Crippen LogP) is 6.55. The summed E-state index contributed by atoms with van der Waals surface area (Å²) >= 11 is 4.92. The lowest BCUT2D eigenvalue weighted by molar-refractivity contribution is 0.0734. The van der Waals surface area contributed by atoms with Crippen LogP contribution in [0, 0.1) is 6.92 Å². The summed E-state index contributed by atoms with van der Waals surface area (Å²) in [5, 5.41) is 6.93. The molecule has 0 aliphatic heterocycles. The summed E-state index contributed by atoms with van der Waals surface area (Å²) in [7, 11) is 0. The monoisotopic (exact) mass is 491 g/mol. The van der Waals surface area contributed by atoms with Crippen LogP contribution in [0.2, 0.25) is 0 Å². The van der Waals surface area contributed by atoms with Gasteiger partial charge in [-0.25, -0.2) is 9.78 Å². The zero-order chi connectivity index (χ0) is 21.6. The minimum Gasteiger partial charge on any atom is -0.423 e. The second kappa shape index (κ2) is 9.68. The molecule has 0 atom stereocenters. The van der Waals surface area contributed by atoms with Crippen molar-refractivity contribution in [1.29, 1.82) is 0 Å². The summed E-state index contributed by atoms with van der Waals surface area (Å²) in [6, 6.07) is 22.5. The molecule has 0 fully saturated rings. The van der Waals surface area contributed by atoms with Gasteiger partial charge in [-0.1, -0.05) is 46.3 Å². The van der Waals surface area contributed by atoms with Crippen LogP contribution in [0.15, 0.2) is 87.8 Å². The number of esters is 1. The zero-order valence-corrected chi connectivity index (χ0v) is 19.0. The average Bonchev–Trinajstić information content (AvgIpc) is 3.24. The molecular formula is C24H18BrN3O2S. The molecule has 1 heterocycles. The number of rotatable bonds is 6. The number of thiazole rings is 1. The van der Waals surface area contributed by atoms with Gasteiger partial charge in [0, 0.05) is 15.4 Å². The van der Waals surface area contributed by atoms with Gasteiger partial charge in [-0.2, -0.15) is 5.10 Å². The first kappa shape index (κ1) is 21.0. The molecule has 0 amide bonds. The standard InChI is InChI=1S/C24H18BrN3O2S/c1-16-4-2-3-5-21(16)23(29)30-20-12-6-17(7-13-20)14-26-28-24-27-22(15-31-24)18-8-10-19(25)11-9-18/h2-15H,1H3,(H,27,28)/b26-14-. The van der Waals surface area contributed by atoms with Crippen LogP contribution in [-0.2, 0) is 0 Å². The molecule has 0 aliphatic rings. The second-order valence-electron chi connectivity index (χ2n) is 6.69. The third-order valence-electron chi connectivity index (χ3n) is 4.47. The maximum absolute atomic E-state index is 12.3. The molecule has 7 heteroatoms. The molecule has 0 saturated carbocycles. The van der Waals surface area contributed by atoms with Gasteiger partial charge in [0.2, 0.25) is 5.13 Å². The molecule has 1 aromatic heterocycles. The molecule has 154 valence electrons. The molecule has 31 heavy (non-hydrogen) atoms. The van der Waals surface area contributed by atoms with E-state index in [9.17, 15) is 4.79 Å². The van der Waals surface area contributed by atoms with Gasteiger partial charge in [-0.3, -0.25) is 5.43 Å². The van der Waals surface area contributed by atoms with Crippen molar-refractivity contribution in [2.45, 2.75) is 6.92 Å². The van der Waals surface area contributed by atoms with E-state index >= 15 is 0 Å². The molecule has 1 N–H and O–H groups in total. The number of hydrazone groups is 1. The number of ether oxygens (including phenoxy) is 1. The lowest BCUT2D eigenvalue weighted by Crippen LogP contribution is -2.10. The van der Waals surface area contributed by atoms with Crippen LogP contribution in [0.1, 0.15) is 21.5 Å². The van der Waals surface area contributed by atoms with Crippen LogP contribution < -0.4 is 10.2 Å². The maximum atomic E-state index is 12.3. The van der Waals surface area contributed by atoms with Gasteiger partial charge >= 0.3 is 5.97 Å². The zero-order valence-electron chi connectivity index (χ0n) is 16.6. The van der Waals surface area contributed by atoms with Crippen LogP contribution in [0.5, 0.6) is 5.75 Å². The highest BCUT2D eigenvalue weighted by Gasteiger charge is 2.10. The smallest absolute Gasteiger partial charge is 0.343 e. The minimum absolute atomic E-state index is 0.369. The normalized spacial score (nSPS) is 10.9. The van der Waals surface area contributed by atoms with E-state index in [1.807, 2.05) is 66.9 Å². The Morgan fingerprint density at radius 2 is 1.81 bits per heavy atom. The third-order valence-corrected chi connectivity index (χ3v) is 5.75. The Labute approximate surface area is 192 Å². The maximum Gasteiger partial charge on any atom is 0.343 e. The Morgan fingerprint density at radius 1 is 1.06 bits per heavy atom. The fourth-order valence-corrected chi connectivity index (χ4v) is 3.76. The van der Waals surface area contributed by atoms with E-state index < -0.39 is 0 Å². The molecule has 0 spiro atoms. The number of carbonyl (C=O) groups is 1. The van der Waals surface area contributed by atoms with E-state index in [1.54, 1.807) is 24.4 Å². The van der Waals surface area contributed by atoms with Crippen molar-refractivity contribution >= 4 is 44.6 Å². The van der Waals surface area contributed by atoms with E-state index in [0.29, 0.717) is 16.4 Å². The first-order valence-electron chi connectivity index (χ1n) is 9.47. The summed E-state index contributed by atoms with van der Waals surface area (Å²) in [5.41, 5.74) is 7.21. The molecule has 0 saturated heterocycles. The summed E-state index contributed by atoms with van der Waals surface area (Å²) in [6.07, 6.45) is 1.69. The predicted molar refractivity (Wildman–Crippen MR) is 129 cm³/mol. The van der Waals surface area contributed by atoms with Crippen molar-refractivity contribution in [3.63, 3.8) is 0 Å². The number of halogens is 1. The average molecular weight is 492 g/mol. The highest BCUT2D eigenvalue weighted by molar-refractivity contribution is 9.10. The van der Waals surface area contributed by atoms with Crippen LogP contribution >= 0.6 is 27.3 Å². The van der Waals surface area contributed by atoms with Gasteiger partial charge in [0.15, 0.2) is 0 Å². The molecule has 3 aromatic carbocycles. The summed E-state index contributed by atoms with van der Waals surface area (Å²) in [4.78, 5) is 16.8. The van der Waals surface area contributed by atoms with E-state index in [1.165, 1.54) is 11.3 Å². The number of aryl methyl sites for hydroxylation is 1. The molecule has 0 aliphatic carbocycles. The molecule has 0 bridgehead atoms. The van der Waals surface area contributed by atoms with E-state index in [2.05, 4.69) is 31.4 Å². The molecular weight excluding hydrogens is 474 g/mol. The number of nitrogens with zero attached hydrogens (tertiary/aromatic N) is 2. The van der Waals surface area contributed by atoms with Crippen molar-refractivity contribution in [2.75, 3.05) is 5.43 Å². The summed E-state index contributed by atoms with van der Waals surface area (Å²) in [6.45, 7) is 1.88. The molecule has 0 unspecified atom stereocenters. The van der Waals surface area contributed by atoms with E-state index in [4.69, 9.17) is 4.74 Å². The molecule has 4 aromatic rings. The van der Waals surface area contributed by atoms with Crippen molar-refractivity contribution < 1.29 is 9.53 Å². The van der Waals surface area contributed by atoms with Crippen LogP contribution in [0.4, 0.5) is 5.13 Å². The lowest BCUT2D eigenvalue weighted by atomic mass is 10.1. The van der Waals surface area contributed by atoms with Crippen LogP contribution in [-0.4, -0.2) is 17.2 Å². The van der Waals surface area contributed by atoms with Crippen LogP contribution in [0.25, 0.3) is 11.3 Å². The number of nitrogens with one attached hydrogen (secondary N) is 1. The van der Waals surface area contributed by atoms with Gasteiger partial charge in [0.05, 0.1) is 17.5 Å². The molecule has 5 nitrogen and oxygen atoms in total. The van der Waals surface area contributed by atoms with Crippen molar-refractivity contribution in [1.82, 2.24) is 4.98 Å². The number of carbonyl (C=O) groups excluding carboxylic acids is 1. The highest BCUT2D eigenvalue weighted by atomic mass is 79.9. The third kappa shape index (κ3) is 5.45. The summed E-state index contributed by atoms with van der Waals surface area (Å²) in [5.74, 6) is 0.115. The van der Waals surface area contributed by atoms with Gasteiger partial charge in [-0.15, -0.1) is 11.3 Å². The largest absolute Gasteiger partial charge is 0.423 e. The quantitative estimate of drug-likeness (QED) is 0.144. The topological polar surface area (TPSA) is 63.6 Å². The number of hydrogen-bond acceptors (Lipinski definition) is 6. The van der Waals surface area contributed by atoms with Crippen LogP contribution in [0.3, 0.4) is 0 Å². The van der Waals surface area contributed by atoms with Gasteiger partial charge in [0.1, 0.15) is 5.75 Å². The fraction of sp³-hybridized carbons (Fsp3) is 0.0417. The Kier molecular flexibility index (Phi) is 6.54. The van der Waals surface area contributed by atoms with Crippen molar-refractivity contribution in [3.05, 3.63) is 99.3 Å². The Morgan fingerprint density at radius 3 is 2.55 bits per heavy atom. The SMILES string of the molecule is Cc1ccccc1C(=O)Oc1ccc(/C=N\Nc2nc(-c3ccc(Br)cc3)cs2)cc1. The number of aromatic nitrogens is 1. The first-order chi connectivity index (χ1) is 15.1. The van der Waals surface area contributed by atoms with Gasteiger partial charge in [-0.05, 0) is 60.5 Å². The van der Waals surface area contributed by atoms with Gasteiger partial charge in [0.25, 0.3) is 0 Å². The fourth-order valence-electron chi connectivity index (χ4n) is 2.83. The first-order valence-corrected chi connectivity index (χ1v) is 11.1. The van der Waals surface area contributed by atoms with E-state index in [0.717, 1.165) is 26.9 Å². The highest BCUT2D eigenvalue weighted by Crippen LogP contribution is 2.26. The summed E-state index contributed by atoms with van der Waals surface area (Å²) < 4.78 is 6.48. The van der Waals surface area contributed by atoms with Crippen molar-refractivity contribution in [3.8, 4) is 17.0 Å². The van der Waals surface area contributed by atoms with Crippen molar-refractivity contribution in [2.24, 2.45) is 5.10 Å². The Balaban J connectivity index is 1.34. The lowest BCUT2D eigenvalue weighted by Gasteiger charge is -2.06. The Bertz CT molecular complexity index is 1220. The van der Waals surface area contributed by atoms with E-state index in [-0.39, 0.29) is 5.97 Å². The van der Waals surface area contributed by atoms with Gasteiger partial charge < -0.3 is 4.74 Å². The molecule has 0 radical (unpaired) electrons. The Hall–Kier alpha value is -3.29. The number of hydrogen-bond donors (Lipinski definition) is 1.